The van der Waals surface area contributed by atoms with Gasteiger partial charge in [-0.25, -0.2) is 0 Å². The van der Waals surface area contributed by atoms with E-state index in [1.54, 1.807) is 6.07 Å². The molecule has 0 aromatic heterocycles. The van der Waals surface area contributed by atoms with Gasteiger partial charge < -0.3 is 10.2 Å². The molecule has 0 spiro atoms. The molecule has 4 nitrogen and oxygen atoms in total. The number of benzene rings is 1. The molecule has 19 heavy (non-hydrogen) atoms. The standard InChI is InChI=1S/C14H19BrN2O2/c1-4-17(8-14(19)16-10(2)3)12-6-5-11(9-18)13(15)7-12/h5-7,9-10H,4,8H2,1-3H3,(H,16,19). The fraction of sp³-hybridized carbons (Fsp3) is 0.429. The van der Waals surface area contributed by atoms with E-state index in [-0.39, 0.29) is 11.9 Å². The number of hydrogen-bond acceptors (Lipinski definition) is 3. The lowest BCUT2D eigenvalue weighted by molar-refractivity contribution is -0.120. The first-order chi connectivity index (χ1) is 8.97. The zero-order chi connectivity index (χ0) is 14.4. The molecule has 0 fully saturated rings. The van der Waals surface area contributed by atoms with E-state index in [1.807, 2.05) is 37.8 Å². The highest BCUT2D eigenvalue weighted by Gasteiger charge is 2.12. The van der Waals surface area contributed by atoms with Crippen LogP contribution in [0.3, 0.4) is 0 Å². The third kappa shape index (κ3) is 4.67. The summed E-state index contributed by atoms with van der Waals surface area (Å²) >= 11 is 3.35. The van der Waals surface area contributed by atoms with Gasteiger partial charge in [0.1, 0.15) is 0 Å². The van der Waals surface area contributed by atoms with Crippen LogP contribution in [-0.4, -0.2) is 31.3 Å². The monoisotopic (exact) mass is 326 g/mol. The Labute approximate surface area is 122 Å². The van der Waals surface area contributed by atoms with Crippen LogP contribution >= 0.6 is 15.9 Å². The van der Waals surface area contributed by atoms with Crippen LogP contribution in [-0.2, 0) is 4.79 Å². The molecule has 5 heteroatoms. The van der Waals surface area contributed by atoms with Gasteiger partial charge in [-0.05, 0) is 54.9 Å². The number of anilines is 1. The summed E-state index contributed by atoms with van der Waals surface area (Å²) in [7, 11) is 0. The Bertz CT molecular complexity index is 461. The summed E-state index contributed by atoms with van der Waals surface area (Å²) < 4.78 is 0.739. The molecule has 1 aromatic carbocycles. The van der Waals surface area contributed by atoms with Crippen molar-refractivity contribution in [1.29, 1.82) is 0 Å². The van der Waals surface area contributed by atoms with Gasteiger partial charge in [-0.3, -0.25) is 9.59 Å². The van der Waals surface area contributed by atoms with Gasteiger partial charge >= 0.3 is 0 Å². The molecule has 0 heterocycles. The highest BCUT2D eigenvalue weighted by molar-refractivity contribution is 9.10. The van der Waals surface area contributed by atoms with Crippen LogP contribution in [0.5, 0.6) is 0 Å². The first-order valence-electron chi connectivity index (χ1n) is 6.27. The maximum atomic E-state index is 11.8. The van der Waals surface area contributed by atoms with E-state index in [9.17, 15) is 9.59 Å². The van der Waals surface area contributed by atoms with Crippen molar-refractivity contribution in [2.75, 3.05) is 18.0 Å². The molecule has 0 saturated heterocycles. The topological polar surface area (TPSA) is 49.4 Å². The summed E-state index contributed by atoms with van der Waals surface area (Å²) in [5, 5.41) is 2.87. The van der Waals surface area contributed by atoms with Gasteiger partial charge in [-0.2, -0.15) is 0 Å². The lowest BCUT2D eigenvalue weighted by Crippen LogP contribution is -2.40. The molecule has 0 aliphatic rings. The van der Waals surface area contributed by atoms with Gasteiger partial charge in [-0.1, -0.05) is 0 Å². The number of halogens is 1. The van der Waals surface area contributed by atoms with E-state index in [4.69, 9.17) is 0 Å². The van der Waals surface area contributed by atoms with Crippen LogP contribution in [0.15, 0.2) is 22.7 Å². The fourth-order valence-corrected chi connectivity index (χ4v) is 2.20. The number of likely N-dealkylation sites (N-methyl/N-ethyl adjacent to an activating group) is 1. The second-order valence-electron chi connectivity index (χ2n) is 4.56. The Balaban J connectivity index is 2.82. The van der Waals surface area contributed by atoms with Gasteiger partial charge in [0.2, 0.25) is 5.91 Å². The highest BCUT2D eigenvalue weighted by atomic mass is 79.9. The van der Waals surface area contributed by atoms with Gasteiger partial charge in [0.05, 0.1) is 6.54 Å². The van der Waals surface area contributed by atoms with E-state index < -0.39 is 0 Å². The van der Waals surface area contributed by atoms with Crippen molar-refractivity contribution in [3.63, 3.8) is 0 Å². The van der Waals surface area contributed by atoms with E-state index in [0.29, 0.717) is 12.1 Å². The number of carbonyl (C=O) groups excluding carboxylic acids is 2. The maximum Gasteiger partial charge on any atom is 0.239 e. The second-order valence-corrected chi connectivity index (χ2v) is 5.41. The van der Waals surface area contributed by atoms with Crippen LogP contribution in [0.1, 0.15) is 31.1 Å². The van der Waals surface area contributed by atoms with Crippen LogP contribution < -0.4 is 10.2 Å². The molecule has 0 saturated carbocycles. The van der Waals surface area contributed by atoms with E-state index in [1.165, 1.54) is 0 Å². The lowest BCUT2D eigenvalue weighted by Gasteiger charge is -2.23. The van der Waals surface area contributed by atoms with E-state index in [0.717, 1.165) is 23.0 Å². The Morgan fingerprint density at radius 3 is 2.63 bits per heavy atom. The van der Waals surface area contributed by atoms with Crippen LogP contribution in [0.2, 0.25) is 0 Å². The van der Waals surface area contributed by atoms with E-state index >= 15 is 0 Å². The molecule has 1 rings (SSSR count). The summed E-state index contributed by atoms with van der Waals surface area (Å²) in [6.45, 7) is 6.89. The average Bonchev–Trinajstić information content (AvgIpc) is 2.35. The van der Waals surface area contributed by atoms with Gasteiger partial charge in [0.25, 0.3) is 0 Å². The van der Waals surface area contributed by atoms with E-state index in [2.05, 4.69) is 21.2 Å². The quantitative estimate of drug-likeness (QED) is 0.817. The summed E-state index contributed by atoms with van der Waals surface area (Å²) in [4.78, 5) is 24.5. The predicted molar refractivity (Wildman–Crippen MR) is 80.7 cm³/mol. The van der Waals surface area contributed by atoms with Crippen LogP contribution in [0, 0.1) is 0 Å². The number of amides is 1. The SMILES string of the molecule is CCN(CC(=O)NC(C)C)c1ccc(C=O)c(Br)c1. The number of rotatable bonds is 6. The Morgan fingerprint density at radius 1 is 1.47 bits per heavy atom. The highest BCUT2D eigenvalue weighted by Crippen LogP contribution is 2.23. The number of hydrogen-bond donors (Lipinski definition) is 1. The molecule has 0 aliphatic carbocycles. The van der Waals surface area contributed by atoms with Crippen molar-refractivity contribution in [2.24, 2.45) is 0 Å². The second kappa shape index (κ2) is 7.28. The molecule has 104 valence electrons. The molecule has 1 amide bonds. The molecule has 0 unspecified atom stereocenters. The Hall–Kier alpha value is -1.36. The average molecular weight is 327 g/mol. The summed E-state index contributed by atoms with van der Waals surface area (Å²) in [5.74, 6) is -0.00700. The minimum Gasteiger partial charge on any atom is -0.362 e. The lowest BCUT2D eigenvalue weighted by atomic mass is 10.2. The molecule has 1 aromatic rings. The van der Waals surface area contributed by atoms with Crippen LogP contribution in [0.4, 0.5) is 5.69 Å². The molecule has 0 radical (unpaired) electrons. The molecular formula is C14H19BrN2O2. The summed E-state index contributed by atoms with van der Waals surface area (Å²) in [6, 6.07) is 5.58. The zero-order valence-corrected chi connectivity index (χ0v) is 13.0. The Morgan fingerprint density at radius 2 is 2.16 bits per heavy atom. The first kappa shape index (κ1) is 15.7. The van der Waals surface area contributed by atoms with Gasteiger partial charge in [0.15, 0.2) is 6.29 Å². The van der Waals surface area contributed by atoms with Crippen molar-refractivity contribution >= 4 is 33.8 Å². The largest absolute Gasteiger partial charge is 0.362 e. The number of aldehydes is 1. The van der Waals surface area contributed by atoms with Crippen molar-refractivity contribution in [3.8, 4) is 0 Å². The fourth-order valence-electron chi connectivity index (χ4n) is 1.73. The summed E-state index contributed by atoms with van der Waals surface area (Å²) in [5.41, 5.74) is 1.52. The molecule has 0 atom stereocenters. The molecule has 0 bridgehead atoms. The van der Waals surface area contributed by atoms with Gasteiger partial charge in [-0.15, -0.1) is 0 Å². The smallest absolute Gasteiger partial charge is 0.239 e. The number of carbonyl (C=O) groups is 2. The van der Waals surface area contributed by atoms with Crippen molar-refractivity contribution < 1.29 is 9.59 Å². The van der Waals surface area contributed by atoms with Crippen molar-refractivity contribution in [3.05, 3.63) is 28.2 Å². The zero-order valence-electron chi connectivity index (χ0n) is 11.4. The molecular weight excluding hydrogens is 308 g/mol. The summed E-state index contributed by atoms with van der Waals surface area (Å²) in [6.07, 6.45) is 0.801. The minimum absolute atomic E-state index is 0.00700. The predicted octanol–water partition coefficient (Wildman–Crippen LogP) is 2.61. The minimum atomic E-state index is -0.00700. The van der Waals surface area contributed by atoms with Crippen molar-refractivity contribution in [2.45, 2.75) is 26.8 Å². The Kier molecular flexibility index (Phi) is 6.02. The van der Waals surface area contributed by atoms with Crippen LogP contribution in [0.25, 0.3) is 0 Å². The third-order valence-electron chi connectivity index (χ3n) is 2.64. The molecule has 1 N–H and O–H groups in total. The maximum absolute atomic E-state index is 11.8. The number of nitrogens with one attached hydrogen (secondary N) is 1. The third-order valence-corrected chi connectivity index (χ3v) is 3.33. The van der Waals surface area contributed by atoms with Crippen molar-refractivity contribution in [1.82, 2.24) is 5.32 Å². The van der Waals surface area contributed by atoms with Gasteiger partial charge in [0, 0.05) is 28.3 Å². The normalized spacial score (nSPS) is 10.4. The first-order valence-corrected chi connectivity index (χ1v) is 7.06. The number of nitrogens with zero attached hydrogens (tertiary/aromatic N) is 1. The molecule has 0 aliphatic heterocycles.